The van der Waals surface area contributed by atoms with Gasteiger partial charge in [-0.1, -0.05) is 19.1 Å². The van der Waals surface area contributed by atoms with Gasteiger partial charge in [0.15, 0.2) is 0 Å². The first-order chi connectivity index (χ1) is 9.78. The summed E-state index contributed by atoms with van der Waals surface area (Å²) >= 11 is 0. The molecule has 4 heteroatoms. The van der Waals surface area contributed by atoms with Gasteiger partial charge in [0, 0.05) is 26.2 Å². The number of likely N-dealkylation sites (N-methyl/N-ethyl adjacent to an activating group) is 1. The van der Waals surface area contributed by atoms with Gasteiger partial charge in [0.05, 0.1) is 19.3 Å². The number of nitrogens with zero attached hydrogens (tertiary/aromatic N) is 1. The number of nitrogens with one attached hydrogen (secondary N) is 1. The minimum atomic E-state index is 0.306. The summed E-state index contributed by atoms with van der Waals surface area (Å²) in [5.74, 6) is 0.952. The number of morpholine rings is 1. The maximum atomic E-state index is 5.73. The Morgan fingerprint density at radius 1 is 1.35 bits per heavy atom. The molecule has 20 heavy (non-hydrogen) atoms. The molecule has 0 saturated carbocycles. The van der Waals surface area contributed by atoms with E-state index in [2.05, 4.69) is 36.3 Å². The molecule has 0 radical (unpaired) electrons. The maximum Gasteiger partial charge on any atom is 0.119 e. The molecular weight excluding hydrogens is 252 g/mol. The first kappa shape index (κ1) is 15.3. The van der Waals surface area contributed by atoms with Crippen LogP contribution in [0.2, 0.25) is 0 Å². The molecule has 1 aromatic carbocycles. The second-order valence-corrected chi connectivity index (χ2v) is 5.38. The van der Waals surface area contributed by atoms with Gasteiger partial charge in [-0.15, -0.1) is 0 Å². The van der Waals surface area contributed by atoms with Crippen molar-refractivity contribution in [2.45, 2.75) is 26.0 Å². The molecular formula is C16H26N2O2. The van der Waals surface area contributed by atoms with Crippen molar-refractivity contribution in [1.82, 2.24) is 10.2 Å². The third kappa shape index (κ3) is 5.12. The number of hydrogen-bond acceptors (Lipinski definition) is 4. The summed E-state index contributed by atoms with van der Waals surface area (Å²) in [6, 6.07) is 8.31. The molecule has 1 saturated heterocycles. The fraction of sp³-hybridized carbons (Fsp3) is 0.625. The van der Waals surface area contributed by atoms with Gasteiger partial charge in [0.1, 0.15) is 5.75 Å². The Hall–Kier alpha value is -1.10. The van der Waals surface area contributed by atoms with Crippen molar-refractivity contribution in [2.24, 2.45) is 0 Å². The van der Waals surface area contributed by atoms with Crippen LogP contribution in [0.4, 0.5) is 0 Å². The average molecular weight is 278 g/mol. The Labute approximate surface area is 122 Å². The van der Waals surface area contributed by atoms with Crippen molar-refractivity contribution in [3.05, 3.63) is 29.8 Å². The lowest BCUT2D eigenvalue weighted by Crippen LogP contribution is -2.44. The monoisotopic (exact) mass is 278 g/mol. The van der Waals surface area contributed by atoms with Crippen LogP contribution >= 0.6 is 0 Å². The van der Waals surface area contributed by atoms with Crippen LogP contribution in [-0.2, 0) is 11.3 Å². The van der Waals surface area contributed by atoms with Gasteiger partial charge in [0.25, 0.3) is 0 Å². The van der Waals surface area contributed by atoms with Crippen LogP contribution in [0.3, 0.4) is 0 Å². The summed E-state index contributed by atoms with van der Waals surface area (Å²) in [5.41, 5.74) is 1.28. The topological polar surface area (TPSA) is 33.7 Å². The van der Waals surface area contributed by atoms with E-state index in [0.29, 0.717) is 6.10 Å². The molecule has 1 aliphatic heterocycles. The third-order valence-corrected chi connectivity index (χ3v) is 3.44. The highest BCUT2D eigenvalue weighted by molar-refractivity contribution is 5.27. The van der Waals surface area contributed by atoms with Gasteiger partial charge in [-0.3, -0.25) is 0 Å². The van der Waals surface area contributed by atoms with Gasteiger partial charge in [-0.2, -0.15) is 0 Å². The SMILES string of the molecule is CCCOc1ccc(CNCC2CN(C)CCO2)cc1. The highest BCUT2D eigenvalue weighted by Gasteiger charge is 2.16. The van der Waals surface area contributed by atoms with E-state index in [-0.39, 0.29) is 0 Å². The quantitative estimate of drug-likeness (QED) is 0.826. The lowest BCUT2D eigenvalue weighted by molar-refractivity contribution is -0.0182. The molecule has 1 atom stereocenters. The molecule has 0 bridgehead atoms. The zero-order valence-corrected chi connectivity index (χ0v) is 12.6. The van der Waals surface area contributed by atoms with Gasteiger partial charge < -0.3 is 19.7 Å². The summed E-state index contributed by atoms with van der Waals surface area (Å²) in [7, 11) is 2.14. The fourth-order valence-electron chi connectivity index (χ4n) is 2.29. The van der Waals surface area contributed by atoms with Gasteiger partial charge >= 0.3 is 0 Å². The fourth-order valence-corrected chi connectivity index (χ4v) is 2.29. The molecule has 0 aliphatic carbocycles. The van der Waals surface area contributed by atoms with Crippen LogP contribution in [0.15, 0.2) is 24.3 Å². The van der Waals surface area contributed by atoms with E-state index < -0.39 is 0 Å². The smallest absolute Gasteiger partial charge is 0.119 e. The van der Waals surface area contributed by atoms with Crippen LogP contribution in [0, 0.1) is 0 Å². The van der Waals surface area contributed by atoms with E-state index in [0.717, 1.165) is 51.6 Å². The maximum absolute atomic E-state index is 5.73. The standard InChI is InChI=1S/C16H26N2O2/c1-3-9-19-15-6-4-14(5-7-15)11-17-12-16-13-18(2)8-10-20-16/h4-7,16-17H,3,8-13H2,1-2H3. The first-order valence-corrected chi connectivity index (χ1v) is 7.50. The summed E-state index contributed by atoms with van der Waals surface area (Å²) in [4.78, 5) is 2.32. The molecule has 2 rings (SSSR count). The predicted molar refractivity (Wildman–Crippen MR) is 81.2 cm³/mol. The van der Waals surface area contributed by atoms with Crippen molar-refractivity contribution in [3.8, 4) is 5.75 Å². The number of benzene rings is 1. The van der Waals surface area contributed by atoms with E-state index in [1.807, 2.05) is 12.1 Å². The molecule has 1 aliphatic rings. The third-order valence-electron chi connectivity index (χ3n) is 3.44. The summed E-state index contributed by atoms with van der Waals surface area (Å²) < 4.78 is 11.3. The number of hydrogen-bond donors (Lipinski definition) is 1. The Balaban J connectivity index is 1.68. The molecule has 0 amide bonds. The summed E-state index contributed by atoms with van der Waals surface area (Å²) in [6.45, 7) is 7.56. The van der Waals surface area contributed by atoms with E-state index in [1.54, 1.807) is 0 Å². The van der Waals surface area contributed by atoms with Crippen molar-refractivity contribution in [2.75, 3.05) is 39.9 Å². The minimum Gasteiger partial charge on any atom is -0.494 e. The van der Waals surface area contributed by atoms with Gasteiger partial charge in [-0.05, 0) is 31.2 Å². The Kier molecular flexibility index (Phi) is 6.30. The summed E-state index contributed by atoms with van der Waals surface area (Å²) in [5, 5.41) is 3.46. The molecule has 1 N–H and O–H groups in total. The zero-order valence-electron chi connectivity index (χ0n) is 12.6. The zero-order chi connectivity index (χ0) is 14.2. The molecule has 1 heterocycles. The molecule has 112 valence electrons. The molecule has 1 fully saturated rings. The molecule has 0 aromatic heterocycles. The molecule has 1 unspecified atom stereocenters. The number of ether oxygens (including phenoxy) is 2. The second kappa shape index (κ2) is 8.25. The Morgan fingerprint density at radius 2 is 2.15 bits per heavy atom. The Bertz CT molecular complexity index is 381. The van der Waals surface area contributed by atoms with E-state index in [4.69, 9.17) is 9.47 Å². The lowest BCUT2D eigenvalue weighted by Gasteiger charge is -2.30. The number of rotatable bonds is 7. The average Bonchev–Trinajstić information content (AvgIpc) is 2.46. The minimum absolute atomic E-state index is 0.306. The highest BCUT2D eigenvalue weighted by Crippen LogP contribution is 2.12. The summed E-state index contributed by atoms with van der Waals surface area (Å²) in [6.07, 6.45) is 1.35. The van der Waals surface area contributed by atoms with Crippen molar-refractivity contribution < 1.29 is 9.47 Å². The van der Waals surface area contributed by atoms with Crippen molar-refractivity contribution >= 4 is 0 Å². The second-order valence-electron chi connectivity index (χ2n) is 5.38. The van der Waals surface area contributed by atoms with Crippen molar-refractivity contribution in [3.63, 3.8) is 0 Å². The van der Waals surface area contributed by atoms with E-state index in [9.17, 15) is 0 Å². The van der Waals surface area contributed by atoms with Crippen molar-refractivity contribution in [1.29, 1.82) is 0 Å². The van der Waals surface area contributed by atoms with E-state index >= 15 is 0 Å². The predicted octanol–water partition coefficient (Wildman–Crippen LogP) is 1.90. The van der Waals surface area contributed by atoms with Crippen LogP contribution in [0.1, 0.15) is 18.9 Å². The van der Waals surface area contributed by atoms with Crippen LogP contribution < -0.4 is 10.1 Å². The highest BCUT2D eigenvalue weighted by atomic mass is 16.5. The first-order valence-electron chi connectivity index (χ1n) is 7.50. The Morgan fingerprint density at radius 3 is 2.85 bits per heavy atom. The van der Waals surface area contributed by atoms with E-state index in [1.165, 1.54) is 5.56 Å². The normalized spacial score (nSPS) is 20.0. The molecule has 4 nitrogen and oxygen atoms in total. The van der Waals surface area contributed by atoms with Crippen LogP contribution in [0.25, 0.3) is 0 Å². The van der Waals surface area contributed by atoms with Gasteiger partial charge in [0.2, 0.25) is 0 Å². The molecule has 0 spiro atoms. The largest absolute Gasteiger partial charge is 0.494 e. The molecule has 1 aromatic rings. The van der Waals surface area contributed by atoms with Gasteiger partial charge in [-0.25, -0.2) is 0 Å². The van der Waals surface area contributed by atoms with Crippen LogP contribution in [-0.4, -0.2) is 50.9 Å². The lowest BCUT2D eigenvalue weighted by atomic mass is 10.2. The van der Waals surface area contributed by atoms with Crippen LogP contribution in [0.5, 0.6) is 5.75 Å².